The van der Waals surface area contributed by atoms with Crippen LogP contribution in [-0.2, 0) is 6.42 Å². The average Bonchev–Trinajstić information content (AvgIpc) is 2.04. The van der Waals surface area contributed by atoms with Gasteiger partial charge in [-0.3, -0.25) is 0 Å². The maximum Gasteiger partial charge on any atom is 0.317 e. The van der Waals surface area contributed by atoms with E-state index in [1.54, 1.807) is 0 Å². The number of nitrogens with zero attached hydrogens (tertiary/aromatic N) is 2. The highest BCUT2D eigenvalue weighted by Gasteiger charge is 2.01. The monoisotopic (exact) mass is 231 g/mol. The molecule has 0 unspecified atom stereocenters. The van der Waals surface area contributed by atoms with Crippen molar-refractivity contribution in [2.45, 2.75) is 6.42 Å². The van der Waals surface area contributed by atoms with E-state index >= 15 is 0 Å². The second-order valence-corrected chi connectivity index (χ2v) is 3.02. The molecule has 2 N–H and O–H groups in total. The highest BCUT2D eigenvalue weighted by Crippen LogP contribution is 2.12. The van der Waals surface area contributed by atoms with Crippen LogP contribution < -0.4 is 10.5 Å². The number of ether oxygens (including phenoxy) is 1. The van der Waals surface area contributed by atoms with Gasteiger partial charge in [-0.15, -0.1) is 0 Å². The minimum atomic E-state index is 0.368. The third-order valence-corrected chi connectivity index (χ3v) is 1.72. The standard InChI is InChI=1S/C7H10BrN3O/c1-12-7-10-5(2-3-9)4-6(8)11-7/h4H,2-3,9H2,1H3. The molecule has 1 heterocycles. The van der Waals surface area contributed by atoms with Crippen LogP contribution in [0.15, 0.2) is 10.7 Å². The summed E-state index contributed by atoms with van der Waals surface area (Å²) in [6.45, 7) is 0.576. The molecule has 4 nitrogen and oxygen atoms in total. The van der Waals surface area contributed by atoms with Crippen molar-refractivity contribution in [1.82, 2.24) is 9.97 Å². The first-order valence-corrected chi connectivity index (χ1v) is 4.33. The van der Waals surface area contributed by atoms with Crippen molar-refractivity contribution in [2.75, 3.05) is 13.7 Å². The summed E-state index contributed by atoms with van der Waals surface area (Å²) in [5, 5.41) is 0. The first-order valence-electron chi connectivity index (χ1n) is 3.53. The highest BCUT2D eigenvalue weighted by molar-refractivity contribution is 9.10. The van der Waals surface area contributed by atoms with Gasteiger partial charge in [0.15, 0.2) is 0 Å². The van der Waals surface area contributed by atoms with Crippen molar-refractivity contribution in [3.63, 3.8) is 0 Å². The predicted molar refractivity (Wildman–Crippen MR) is 49.0 cm³/mol. The van der Waals surface area contributed by atoms with Gasteiger partial charge in [0.2, 0.25) is 0 Å². The van der Waals surface area contributed by atoms with E-state index in [1.165, 1.54) is 7.11 Å². The van der Waals surface area contributed by atoms with Gasteiger partial charge in [-0.2, -0.15) is 4.98 Å². The fourth-order valence-corrected chi connectivity index (χ4v) is 1.22. The predicted octanol–water partition coefficient (Wildman–Crippen LogP) is 0.749. The van der Waals surface area contributed by atoms with Crippen molar-refractivity contribution in [1.29, 1.82) is 0 Å². The second kappa shape index (κ2) is 4.37. The summed E-state index contributed by atoms with van der Waals surface area (Å²) in [6.07, 6.45) is 0.734. The normalized spacial score (nSPS) is 9.92. The zero-order valence-corrected chi connectivity index (χ0v) is 8.34. The molecule has 66 valence electrons. The van der Waals surface area contributed by atoms with Crippen molar-refractivity contribution in [3.8, 4) is 6.01 Å². The van der Waals surface area contributed by atoms with Crippen LogP contribution in [0.3, 0.4) is 0 Å². The summed E-state index contributed by atoms with van der Waals surface area (Å²) < 4.78 is 5.61. The molecule has 0 atom stereocenters. The maximum absolute atomic E-state index is 5.39. The summed E-state index contributed by atoms with van der Waals surface area (Å²) >= 11 is 3.25. The Morgan fingerprint density at radius 1 is 1.58 bits per heavy atom. The van der Waals surface area contributed by atoms with Crippen LogP contribution in [0.5, 0.6) is 6.01 Å². The van der Waals surface area contributed by atoms with Gasteiger partial charge in [0, 0.05) is 6.42 Å². The molecule has 1 aromatic rings. The van der Waals surface area contributed by atoms with Crippen LogP contribution in [0.2, 0.25) is 0 Å². The van der Waals surface area contributed by atoms with E-state index in [0.717, 1.165) is 16.7 Å². The summed E-state index contributed by atoms with van der Waals surface area (Å²) in [7, 11) is 1.54. The van der Waals surface area contributed by atoms with Gasteiger partial charge in [-0.05, 0) is 28.5 Å². The Balaban J connectivity index is 2.90. The fourth-order valence-electron chi connectivity index (χ4n) is 0.808. The van der Waals surface area contributed by atoms with E-state index in [-0.39, 0.29) is 0 Å². The maximum atomic E-state index is 5.39. The molecule has 5 heteroatoms. The molecule has 12 heavy (non-hydrogen) atoms. The molecular weight excluding hydrogens is 222 g/mol. The van der Waals surface area contributed by atoms with E-state index in [2.05, 4.69) is 25.9 Å². The lowest BCUT2D eigenvalue weighted by Crippen LogP contribution is -2.05. The molecule has 0 fully saturated rings. The summed E-state index contributed by atoms with van der Waals surface area (Å²) in [6, 6.07) is 2.20. The number of halogens is 1. The van der Waals surface area contributed by atoms with Gasteiger partial charge in [0.1, 0.15) is 4.60 Å². The van der Waals surface area contributed by atoms with Gasteiger partial charge in [0.05, 0.1) is 12.8 Å². The highest BCUT2D eigenvalue weighted by atomic mass is 79.9. The van der Waals surface area contributed by atoms with Crippen LogP contribution in [0.1, 0.15) is 5.69 Å². The molecule has 1 rings (SSSR count). The van der Waals surface area contributed by atoms with Gasteiger partial charge in [-0.25, -0.2) is 4.98 Å². The molecular formula is C7H10BrN3O. The Morgan fingerprint density at radius 3 is 2.92 bits per heavy atom. The first-order chi connectivity index (χ1) is 5.76. The van der Waals surface area contributed by atoms with E-state index in [4.69, 9.17) is 10.5 Å². The third kappa shape index (κ3) is 2.42. The smallest absolute Gasteiger partial charge is 0.317 e. The van der Waals surface area contributed by atoms with Crippen LogP contribution in [0.25, 0.3) is 0 Å². The van der Waals surface area contributed by atoms with E-state index in [0.29, 0.717) is 12.6 Å². The van der Waals surface area contributed by atoms with E-state index in [9.17, 15) is 0 Å². The molecule has 0 aliphatic heterocycles. The Hall–Kier alpha value is -0.680. The number of methoxy groups -OCH3 is 1. The Bertz CT molecular complexity index is 267. The summed E-state index contributed by atoms with van der Waals surface area (Å²) in [4.78, 5) is 8.08. The third-order valence-electron chi connectivity index (χ3n) is 1.31. The quantitative estimate of drug-likeness (QED) is 0.781. The zero-order valence-electron chi connectivity index (χ0n) is 6.75. The molecule has 0 saturated carbocycles. The SMILES string of the molecule is COc1nc(Br)cc(CCN)n1. The molecule has 0 bridgehead atoms. The lowest BCUT2D eigenvalue weighted by atomic mass is 10.3. The molecule has 0 aliphatic rings. The fraction of sp³-hybridized carbons (Fsp3) is 0.429. The molecule has 0 spiro atoms. The number of aromatic nitrogens is 2. The number of rotatable bonds is 3. The average molecular weight is 232 g/mol. The molecule has 1 aromatic heterocycles. The summed E-state index contributed by atoms with van der Waals surface area (Å²) in [5.74, 6) is 0. The first kappa shape index (κ1) is 9.41. The summed E-state index contributed by atoms with van der Waals surface area (Å²) in [5.41, 5.74) is 6.27. The molecule has 0 aliphatic carbocycles. The zero-order chi connectivity index (χ0) is 8.97. The van der Waals surface area contributed by atoms with E-state index < -0.39 is 0 Å². The second-order valence-electron chi connectivity index (χ2n) is 2.21. The Kier molecular flexibility index (Phi) is 3.43. The number of hydrogen-bond donors (Lipinski definition) is 1. The minimum absolute atomic E-state index is 0.368. The van der Waals surface area contributed by atoms with Crippen LogP contribution >= 0.6 is 15.9 Å². The van der Waals surface area contributed by atoms with Gasteiger partial charge >= 0.3 is 6.01 Å². The van der Waals surface area contributed by atoms with Crippen LogP contribution in [0, 0.1) is 0 Å². The van der Waals surface area contributed by atoms with Crippen molar-refractivity contribution in [3.05, 3.63) is 16.4 Å². The van der Waals surface area contributed by atoms with E-state index in [1.807, 2.05) is 6.07 Å². The van der Waals surface area contributed by atoms with Crippen LogP contribution in [0.4, 0.5) is 0 Å². The van der Waals surface area contributed by atoms with Crippen LogP contribution in [-0.4, -0.2) is 23.6 Å². The van der Waals surface area contributed by atoms with Gasteiger partial charge in [0.25, 0.3) is 0 Å². The molecule has 0 radical (unpaired) electrons. The topological polar surface area (TPSA) is 61.0 Å². The molecule has 0 amide bonds. The number of nitrogens with two attached hydrogens (primary N) is 1. The lowest BCUT2D eigenvalue weighted by molar-refractivity contribution is 0.377. The Morgan fingerprint density at radius 2 is 2.33 bits per heavy atom. The minimum Gasteiger partial charge on any atom is -0.467 e. The largest absolute Gasteiger partial charge is 0.467 e. The molecule has 0 saturated heterocycles. The molecule has 0 aromatic carbocycles. The van der Waals surface area contributed by atoms with Gasteiger partial charge in [-0.1, -0.05) is 0 Å². The number of hydrogen-bond acceptors (Lipinski definition) is 4. The lowest BCUT2D eigenvalue weighted by Gasteiger charge is -2.01. The van der Waals surface area contributed by atoms with Crippen molar-refractivity contribution >= 4 is 15.9 Å². The van der Waals surface area contributed by atoms with Crippen molar-refractivity contribution in [2.24, 2.45) is 5.73 Å². The Labute approximate surface area is 79.3 Å². The van der Waals surface area contributed by atoms with Gasteiger partial charge < -0.3 is 10.5 Å². The van der Waals surface area contributed by atoms with Crippen molar-refractivity contribution < 1.29 is 4.74 Å².